The van der Waals surface area contributed by atoms with Gasteiger partial charge in [-0.15, -0.1) is 0 Å². The van der Waals surface area contributed by atoms with E-state index in [4.69, 9.17) is 20.8 Å². The summed E-state index contributed by atoms with van der Waals surface area (Å²) in [7, 11) is 0. The Bertz CT molecular complexity index is 1160. The number of carbonyl (C=O) groups is 2. The summed E-state index contributed by atoms with van der Waals surface area (Å²) < 4.78 is 5.10. The first-order valence-corrected chi connectivity index (χ1v) is 9.66. The number of nitrogens with one attached hydrogen (secondary N) is 1. The molecule has 0 radical (unpaired) electrons. The molecule has 0 saturated heterocycles. The van der Waals surface area contributed by atoms with E-state index in [1.807, 2.05) is 6.07 Å². The molecule has 0 aliphatic heterocycles. The lowest BCUT2D eigenvalue weighted by Crippen LogP contribution is -2.24. The second-order valence-electron chi connectivity index (χ2n) is 6.62. The van der Waals surface area contributed by atoms with Gasteiger partial charge in [0.2, 0.25) is 0 Å². The number of rotatable bonds is 8. The Labute approximate surface area is 183 Å². The van der Waals surface area contributed by atoms with Crippen molar-refractivity contribution in [2.45, 2.75) is 13.0 Å². The number of carboxylic acid groups (broad SMARTS) is 1. The van der Waals surface area contributed by atoms with Crippen molar-refractivity contribution in [3.05, 3.63) is 71.3 Å². The summed E-state index contributed by atoms with van der Waals surface area (Å²) in [6.45, 7) is 2.11. The van der Waals surface area contributed by atoms with Gasteiger partial charge in [-0.1, -0.05) is 12.1 Å². The Hall–Kier alpha value is -4.36. The number of carboxylic acids is 1. The zero-order valence-electron chi connectivity index (χ0n) is 17.1. The van der Waals surface area contributed by atoms with E-state index in [0.717, 1.165) is 0 Å². The molecule has 1 atom stereocenters. The van der Waals surface area contributed by atoms with Crippen LogP contribution in [0.5, 0.6) is 0 Å². The third kappa shape index (κ3) is 5.21. The van der Waals surface area contributed by atoms with Crippen LogP contribution in [0, 0.1) is 11.3 Å². The lowest BCUT2D eigenvalue weighted by Gasteiger charge is -2.15. The third-order valence-electron chi connectivity index (χ3n) is 4.44. The molecule has 0 aliphatic rings. The van der Waals surface area contributed by atoms with Crippen LogP contribution in [0.2, 0.25) is 0 Å². The van der Waals surface area contributed by atoms with Crippen LogP contribution in [0.1, 0.15) is 45.1 Å². The molecular weight excluding hydrogens is 412 g/mol. The molecule has 3 aromatic rings. The molecule has 3 rings (SSSR count). The number of esters is 1. The molecule has 0 amide bonds. The van der Waals surface area contributed by atoms with E-state index in [-0.39, 0.29) is 30.1 Å². The Morgan fingerprint density at radius 3 is 2.53 bits per heavy atom. The van der Waals surface area contributed by atoms with Crippen molar-refractivity contribution in [2.24, 2.45) is 5.73 Å². The first-order chi connectivity index (χ1) is 15.4. The van der Waals surface area contributed by atoms with Gasteiger partial charge in [-0.2, -0.15) is 5.26 Å². The Kier molecular flexibility index (Phi) is 7.05. The van der Waals surface area contributed by atoms with Crippen molar-refractivity contribution in [3.63, 3.8) is 0 Å². The fourth-order valence-electron chi connectivity index (χ4n) is 2.79. The van der Waals surface area contributed by atoms with E-state index in [1.165, 1.54) is 24.5 Å². The number of carbonyl (C=O) groups excluding carboxylic acids is 1. The topological polar surface area (TPSA) is 164 Å². The average molecular weight is 432 g/mol. The number of nitrogens with zero attached hydrogens (tertiary/aromatic N) is 4. The molecule has 0 bridgehead atoms. The summed E-state index contributed by atoms with van der Waals surface area (Å²) in [5, 5.41) is 21.0. The lowest BCUT2D eigenvalue weighted by atomic mass is 10.0. The van der Waals surface area contributed by atoms with Gasteiger partial charge < -0.3 is 20.9 Å². The second kappa shape index (κ2) is 10.1. The van der Waals surface area contributed by atoms with E-state index in [2.05, 4.69) is 20.3 Å². The van der Waals surface area contributed by atoms with Gasteiger partial charge in [-0.05, 0) is 31.2 Å². The molecule has 0 spiro atoms. The highest BCUT2D eigenvalue weighted by Gasteiger charge is 2.20. The normalized spacial score (nSPS) is 11.3. The van der Waals surface area contributed by atoms with Crippen LogP contribution in [-0.4, -0.2) is 45.1 Å². The number of pyridine rings is 1. The van der Waals surface area contributed by atoms with E-state index in [1.54, 1.807) is 31.2 Å². The van der Waals surface area contributed by atoms with Gasteiger partial charge in [0.1, 0.15) is 17.2 Å². The molecular formula is C22H20N6O4. The maximum atomic E-state index is 12.4. The maximum Gasteiger partial charge on any atom is 0.341 e. The Morgan fingerprint density at radius 1 is 1.19 bits per heavy atom. The minimum Gasteiger partial charge on any atom is -0.478 e. The van der Waals surface area contributed by atoms with Crippen LogP contribution in [0.4, 0.5) is 5.82 Å². The second-order valence-corrected chi connectivity index (χ2v) is 6.62. The predicted molar refractivity (Wildman–Crippen MR) is 115 cm³/mol. The SMILES string of the molecule is CCOC(=O)c1cnc(C(N)CNc2ccc(C(=O)O)cn2)nc1-c1ccc(C#N)cc1. The fourth-order valence-corrected chi connectivity index (χ4v) is 2.79. The summed E-state index contributed by atoms with van der Waals surface area (Å²) in [6.07, 6.45) is 2.61. The van der Waals surface area contributed by atoms with Gasteiger partial charge in [0.05, 0.1) is 35.5 Å². The number of hydrogen-bond acceptors (Lipinski definition) is 9. The van der Waals surface area contributed by atoms with Gasteiger partial charge in [0.25, 0.3) is 0 Å². The number of aromatic carboxylic acids is 1. The molecule has 0 saturated carbocycles. The zero-order chi connectivity index (χ0) is 23.1. The molecule has 1 unspecified atom stereocenters. The number of hydrogen-bond donors (Lipinski definition) is 3. The molecule has 2 heterocycles. The largest absolute Gasteiger partial charge is 0.478 e. The first-order valence-electron chi connectivity index (χ1n) is 9.66. The molecule has 0 fully saturated rings. The smallest absolute Gasteiger partial charge is 0.341 e. The molecule has 4 N–H and O–H groups in total. The van der Waals surface area contributed by atoms with Crippen LogP contribution in [0.25, 0.3) is 11.3 Å². The van der Waals surface area contributed by atoms with E-state index < -0.39 is 18.0 Å². The molecule has 32 heavy (non-hydrogen) atoms. The molecule has 2 aromatic heterocycles. The number of ether oxygens (including phenoxy) is 1. The minimum atomic E-state index is -1.06. The van der Waals surface area contributed by atoms with Crippen molar-refractivity contribution in [1.29, 1.82) is 5.26 Å². The lowest BCUT2D eigenvalue weighted by molar-refractivity contribution is 0.0525. The summed E-state index contributed by atoms with van der Waals surface area (Å²) in [5.74, 6) is -0.896. The van der Waals surface area contributed by atoms with Crippen molar-refractivity contribution in [2.75, 3.05) is 18.5 Å². The first kappa shape index (κ1) is 22.3. The summed E-state index contributed by atoms with van der Waals surface area (Å²) >= 11 is 0. The highest BCUT2D eigenvalue weighted by atomic mass is 16.5. The Morgan fingerprint density at radius 2 is 1.94 bits per heavy atom. The van der Waals surface area contributed by atoms with Crippen LogP contribution < -0.4 is 11.1 Å². The van der Waals surface area contributed by atoms with Crippen molar-refractivity contribution in [1.82, 2.24) is 15.0 Å². The predicted octanol–water partition coefficient (Wildman–Crippen LogP) is 2.40. The molecule has 1 aromatic carbocycles. The molecule has 10 heteroatoms. The standard InChI is InChI=1S/C22H20N6O4/c1-2-32-22(31)16-11-27-20(28-19(16)14-5-3-13(9-23)4-6-14)17(24)12-26-18-8-7-15(10-25-18)21(29)30/h3-8,10-11,17H,2,12,24H2,1H3,(H,25,26)(H,29,30). The highest BCUT2D eigenvalue weighted by molar-refractivity contribution is 5.95. The number of anilines is 1. The van der Waals surface area contributed by atoms with Gasteiger partial charge in [-0.25, -0.2) is 24.5 Å². The molecule has 0 aliphatic carbocycles. The molecule has 10 nitrogen and oxygen atoms in total. The quantitative estimate of drug-likeness (QED) is 0.450. The van der Waals surface area contributed by atoms with E-state index >= 15 is 0 Å². The maximum absolute atomic E-state index is 12.4. The van der Waals surface area contributed by atoms with Crippen LogP contribution >= 0.6 is 0 Å². The summed E-state index contributed by atoms with van der Waals surface area (Å²) in [4.78, 5) is 36.0. The third-order valence-corrected chi connectivity index (χ3v) is 4.44. The van der Waals surface area contributed by atoms with Gasteiger partial charge in [0, 0.05) is 24.5 Å². The number of aromatic nitrogens is 3. The monoisotopic (exact) mass is 432 g/mol. The van der Waals surface area contributed by atoms with Gasteiger partial charge in [-0.3, -0.25) is 0 Å². The summed E-state index contributed by atoms with van der Waals surface area (Å²) in [5.41, 5.74) is 7.92. The Balaban J connectivity index is 1.84. The van der Waals surface area contributed by atoms with Crippen molar-refractivity contribution < 1.29 is 19.4 Å². The fraction of sp³-hybridized carbons (Fsp3) is 0.182. The number of benzene rings is 1. The molecule has 162 valence electrons. The summed E-state index contributed by atoms with van der Waals surface area (Å²) in [6, 6.07) is 11.0. The van der Waals surface area contributed by atoms with Gasteiger partial charge in [0.15, 0.2) is 0 Å². The highest BCUT2D eigenvalue weighted by Crippen LogP contribution is 2.24. The average Bonchev–Trinajstić information content (AvgIpc) is 2.82. The number of nitriles is 1. The van der Waals surface area contributed by atoms with Crippen LogP contribution in [-0.2, 0) is 4.74 Å². The van der Waals surface area contributed by atoms with E-state index in [9.17, 15) is 9.59 Å². The number of nitrogens with two attached hydrogens (primary N) is 1. The van der Waals surface area contributed by atoms with E-state index in [0.29, 0.717) is 22.6 Å². The van der Waals surface area contributed by atoms with Crippen LogP contribution in [0.3, 0.4) is 0 Å². The van der Waals surface area contributed by atoms with Crippen molar-refractivity contribution in [3.8, 4) is 17.3 Å². The minimum absolute atomic E-state index is 0.0739. The van der Waals surface area contributed by atoms with Gasteiger partial charge >= 0.3 is 11.9 Å². The van der Waals surface area contributed by atoms with Crippen molar-refractivity contribution >= 4 is 17.8 Å². The zero-order valence-corrected chi connectivity index (χ0v) is 17.1. The van der Waals surface area contributed by atoms with Crippen LogP contribution in [0.15, 0.2) is 48.8 Å².